The summed E-state index contributed by atoms with van der Waals surface area (Å²) >= 11 is 0. The number of hydrogen-bond acceptors (Lipinski definition) is 4. The van der Waals surface area contributed by atoms with Crippen molar-refractivity contribution in [2.45, 2.75) is 31.9 Å². The Balaban J connectivity index is 1.57. The van der Waals surface area contributed by atoms with Crippen molar-refractivity contribution in [3.8, 4) is 11.5 Å². The molecule has 2 aliphatic heterocycles. The minimum absolute atomic E-state index is 0.00345. The lowest BCUT2D eigenvalue weighted by Crippen LogP contribution is -2.49. The fourth-order valence-corrected chi connectivity index (χ4v) is 3.13. The zero-order valence-electron chi connectivity index (χ0n) is 12.2. The Hall–Kier alpha value is -1.75. The Bertz CT molecular complexity index is 519. The highest BCUT2D eigenvalue weighted by molar-refractivity contribution is 5.70. The summed E-state index contributed by atoms with van der Waals surface area (Å²) in [6.07, 6.45) is 1.42. The fraction of sp³-hybridized carbons (Fsp3) is 0.562. The summed E-state index contributed by atoms with van der Waals surface area (Å²) in [5.41, 5.74) is 0. The third-order valence-corrected chi connectivity index (χ3v) is 4.37. The van der Waals surface area contributed by atoms with E-state index in [2.05, 4.69) is 11.8 Å². The van der Waals surface area contributed by atoms with E-state index in [1.54, 1.807) is 0 Å². The molecule has 21 heavy (non-hydrogen) atoms. The molecule has 2 aliphatic rings. The van der Waals surface area contributed by atoms with Crippen molar-refractivity contribution in [1.82, 2.24) is 4.90 Å². The number of carboxylic acids is 1. The van der Waals surface area contributed by atoms with Crippen LogP contribution in [0.1, 0.15) is 19.8 Å². The topological polar surface area (TPSA) is 59.0 Å². The van der Waals surface area contributed by atoms with Gasteiger partial charge in [-0.05, 0) is 38.4 Å². The van der Waals surface area contributed by atoms with Gasteiger partial charge in [-0.25, -0.2) is 0 Å². The Morgan fingerprint density at radius 3 is 2.86 bits per heavy atom. The van der Waals surface area contributed by atoms with E-state index in [0.717, 1.165) is 24.6 Å². The molecule has 1 aromatic rings. The zero-order chi connectivity index (χ0) is 14.8. The van der Waals surface area contributed by atoms with Crippen LogP contribution in [0.25, 0.3) is 0 Å². The SMILES string of the molecule is CC1CC(C(=O)O)CCN1CC1COc2ccccc2O1. The van der Waals surface area contributed by atoms with Crippen molar-refractivity contribution in [2.24, 2.45) is 5.92 Å². The lowest BCUT2D eigenvalue weighted by Gasteiger charge is -2.39. The lowest BCUT2D eigenvalue weighted by atomic mass is 9.91. The van der Waals surface area contributed by atoms with E-state index in [1.165, 1.54) is 0 Å². The van der Waals surface area contributed by atoms with Gasteiger partial charge in [0, 0.05) is 12.6 Å². The summed E-state index contributed by atoms with van der Waals surface area (Å²) in [7, 11) is 0. The maximum absolute atomic E-state index is 11.1. The fourth-order valence-electron chi connectivity index (χ4n) is 3.13. The number of ether oxygens (including phenoxy) is 2. The molecule has 0 amide bonds. The summed E-state index contributed by atoms with van der Waals surface area (Å²) in [6, 6.07) is 7.96. The van der Waals surface area contributed by atoms with Crippen LogP contribution < -0.4 is 9.47 Å². The van der Waals surface area contributed by atoms with Crippen LogP contribution in [0.5, 0.6) is 11.5 Å². The Labute approximate surface area is 124 Å². The van der Waals surface area contributed by atoms with Gasteiger partial charge < -0.3 is 14.6 Å². The average molecular weight is 291 g/mol. The molecule has 5 nitrogen and oxygen atoms in total. The first kappa shape index (κ1) is 14.2. The van der Waals surface area contributed by atoms with Crippen molar-refractivity contribution < 1.29 is 19.4 Å². The van der Waals surface area contributed by atoms with Crippen LogP contribution in [-0.2, 0) is 4.79 Å². The first-order chi connectivity index (χ1) is 10.1. The Morgan fingerprint density at radius 2 is 2.14 bits per heavy atom. The molecule has 114 valence electrons. The van der Waals surface area contributed by atoms with Gasteiger partial charge in [0.25, 0.3) is 0 Å². The van der Waals surface area contributed by atoms with E-state index in [-0.39, 0.29) is 18.1 Å². The Kier molecular flexibility index (Phi) is 4.01. The normalized spacial score (nSPS) is 29.1. The summed E-state index contributed by atoms with van der Waals surface area (Å²) in [5, 5.41) is 9.11. The molecular formula is C16H21NO4. The van der Waals surface area contributed by atoms with Crippen LogP contribution in [0.2, 0.25) is 0 Å². The number of piperidine rings is 1. The highest BCUT2D eigenvalue weighted by Crippen LogP contribution is 2.32. The highest BCUT2D eigenvalue weighted by Gasteiger charge is 2.32. The molecule has 1 aromatic carbocycles. The molecule has 5 heteroatoms. The van der Waals surface area contributed by atoms with Crippen LogP contribution in [-0.4, -0.2) is 47.8 Å². The van der Waals surface area contributed by atoms with Gasteiger partial charge in [-0.3, -0.25) is 9.69 Å². The number of carbonyl (C=O) groups is 1. The number of carboxylic acid groups (broad SMARTS) is 1. The third kappa shape index (κ3) is 3.13. The maximum atomic E-state index is 11.1. The van der Waals surface area contributed by atoms with Crippen LogP contribution in [0.15, 0.2) is 24.3 Å². The van der Waals surface area contributed by atoms with E-state index < -0.39 is 5.97 Å². The third-order valence-electron chi connectivity index (χ3n) is 4.37. The molecule has 3 unspecified atom stereocenters. The van der Waals surface area contributed by atoms with Crippen LogP contribution >= 0.6 is 0 Å². The number of likely N-dealkylation sites (tertiary alicyclic amines) is 1. The summed E-state index contributed by atoms with van der Waals surface area (Å²) < 4.78 is 11.7. The second-order valence-corrected chi connectivity index (χ2v) is 5.90. The van der Waals surface area contributed by atoms with Gasteiger partial charge in [0.05, 0.1) is 5.92 Å². The van der Waals surface area contributed by atoms with E-state index in [9.17, 15) is 4.79 Å². The van der Waals surface area contributed by atoms with Gasteiger partial charge in [-0.15, -0.1) is 0 Å². The molecule has 3 atom stereocenters. The number of para-hydroxylation sites is 2. The molecular weight excluding hydrogens is 270 g/mol. The van der Waals surface area contributed by atoms with E-state index in [0.29, 0.717) is 19.4 Å². The average Bonchev–Trinajstić information content (AvgIpc) is 2.49. The molecule has 3 rings (SSSR count). The molecule has 0 aromatic heterocycles. The smallest absolute Gasteiger partial charge is 0.306 e. The Morgan fingerprint density at radius 1 is 1.38 bits per heavy atom. The summed E-state index contributed by atoms with van der Waals surface area (Å²) in [6.45, 7) is 4.22. The first-order valence-electron chi connectivity index (χ1n) is 7.49. The molecule has 0 saturated carbocycles. The first-order valence-corrected chi connectivity index (χ1v) is 7.49. The minimum atomic E-state index is -0.673. The standard InChI is InChI=1S/C16H21NO4/c1-11-8-12(16(18)19)6-7-17(11)9-13-10-20-14-4-2-3-5-15(14)21-13/h2-5,11-13H,6-10H2,1H3,(H,18,19). The van der Waals surface area contributed by atoms with Crippen molar-refractivity contribution in [3.05, 3.63) is 24.3 Å². The van der Waals surface area contributed by atoms with E-state index >= 15 is 0 Å². The lowest BCUT2D eigenvalue weighted by molar-refractivity contribution is -0.144. The zero-order valence-corrected chi connectivity index (χ0v) is 12.2. The molecule has 1 saturated heterocycles. The molecule has 0 radical (unpaired) electrons. The van der Waals surface area contributed by atoms with Crippen LogP contribution in [0, 0.1) is 5.92 Å². The second kappa shape index (κ2) is 5.93. The second-order valence-electron chi connectivity index (χ2n) is 5.90. The van der Waals surface area contributed by atoms with E-state index in [1.807, 2.05) is 24.3 Å². The molecule has 1 N–H and O–H groups in total. The van der Waals surface area contributed by atoms with Gasteiger partial charge in [0.15, 0.2) is 11.5 Å². The predicted octanol–water partition coefficient (Wildman–Crippen LogP) is 2.01. The summed E-state index contributed by atoms with van der Waals surface area (Å²) in [4.78, 5) is 13.4. The van der Waals surface area contributed by atoms with Gasteiger partial charge in [-0.1, -0.05) is 12.1 Å². The van der Waals surface area contributed by atoms with Gasteiger partial charge >= 0.3 is 5.97 Å². The number of benzene rings is 1. The number of hydrogen-bond donors (Lipinski definition) is 1. The monoisotopic (exact) mass is 291 g/mol. The number of nitrogens with zero attached hydrogens (tertiary/aromatic N) is 1. The van der Waals surface area contributed by atoms with Gasteiger partial charge in [0.1, 0.15) is 12.7 Å². The quantitative estimate of drug-likeness (QED) is 0.923. The molecule has 1 fully saturated rings. The van der Waals surface area contributed by atoms with Crippen molar-refractivity contribution in [2.75, 3.05) is 19.7 Å². The van der Waals surface area contributed by atoms with Crippen LogP contribution in [0.3, 0.4) is 0 Å². The number of fused-ring (bicyclic) bond motifs is 1. The van der Waals surface area contributed by atoms with Crippen molar-refractivity contribution in [1.29, 1.82) is 0 Å². The molecule has 2 heterocycles. The maximum Gasteiger partial charge on any atom is 0.306 e. The molecule has 0 bridgehead atoms. The molecule has 0 aliphatic carbocycles. The van der Waals surface area contributed by atoms with Crippen molar-refractivity contribution >= 4 is 5.97 Å². The number of aliphatic carboxylic acids is 1. The van der Waals surface area contributed by atoms with E-state index in [4.69, 9.17) is 14.6 Å². The van der Waals surface area contributed by atoms with Crippen LogP contribution in [0.4, 0.5) is 0 Å². The number of rotatable bonds is 3. The highest BCUT2D eigenvalue weighted by atomic mass is 16.6. The largest absolute Gasteiger partial charge is 0.486 e. The molecule has 0 spiro atoms. The van der Waals surface area contributed by atoms with Crippen molar-refractivity contribution in [3.63, 3.8) is 0 Å². The predicted molar refractivity (Wildman–Crippen MR) is 77.7 cm³/mol. The summed E-state index contributed by atoms with van der Waals surface area (Å²) in [5.74, 6) is 0.710. The van der Waals surface area contributed by atoms with Gasteiger partial charge in [-0.2, -0.15) is 0 Å². The minimum Gasteiger partial charge on any atom is -0.486 e. The van der Waals surface area contributed by atoms with Gasteiger partial charge in [0.2, 0.25) is 0 Å².